The lowest BCUT2D eigenvalue weighted by atomic mass is 10.0. The summed E-state index contributed by atoms with van der Waals surface area (Å²) in [5.41, 5.74) is 4.85. The van der Waals surface area contributed by atoms with E-state index in [2.05, 4.69) is 59.7 Å². The molecule has 0 saturated carbocycles. The molecule has 0 aromatic heterocycles. The number of hydrogen-bond donors (Lipinski definition) is 2. The van der Waals surface area contributed by atoms with Gasteiger partial charge in [-0.05, 0) is 79.9 Å². The fourth-order valence-corrected chi connectivity index (χ4v) is 3.89. The van der Waals surface area contributed by atoms with Crippen molar-refractivity contribution in [1.29, 1.82) is 0 Å². The zero-order valence-corrected chi connectivity index (χ0v) is 17.0. The van der Waals surface area contributed by atoms with Crippen LogP contribution in [0.5, 0.6) is 0 Å². The molecule has 5 heteroatoms. The van der Waals surface area contributed by atoms with Crippen LogP contribution in [0.2, 0.25) is 5.02 Å². The fourth-order valence-electron chi connectivity index (χ4n) is 3.48. The summed E-state index contributed by atoms with van der Waals surface area (Å²) in [5.74, 6) is 0. The van der Waals surface area contributed by atoms with Crippen LogP contribution >= 0.6 is 23.8 Å². The van der Waals surface area contributed by atoms with Gasteiger partial charge in [-0.2, -0.15) is 0 Å². The maximum absolute atomic E-state index is 5.96. The van der Waals surface area contributed by atoms with Crippen molar-refractivity contribution in [2.45, 2.75) is 39.3 Å². The normalized spacial score (nSPS) is 15.7. The fraction of sp³-hybridized carbons (Fsp3) is 0.381. The number of aryl methyl sites for hydroxylation is 2. The standard InChI is InChI=1S/C21H26ClN3S/c1-15-11-16(2)13-20(12-15)24-21(26)23-19-7-9-25(10-8-19)14-17-3-5-18(22)6-4-17/h3-6,11-13,19H,7-10,14H2,1-2H3,(H2,23,24,26). The van der Waals surface area contributed by atoms with Crippen LogP contribution in [-0.2, 0) is 6.54 Å². The van der Waals surface area contributed by atoms with Gasteiger partial charge in [0.05, 0.1) is 0 Å². The van der Waals surface area contributed by atoms with Crippen molar-refractivity contribution in [2.24, 2.45) is 0 Å². The van der Waals surface area contributed by atoms with E-state index in [1.807, 2.05) is 12.1 Å². The topological polar surface area (TPSA) is 27.3 Å². The van der Waals surface area contributed by atoms with Crippen LogP contribution < -0.4 is 10.6 Å². The van der Waals surface area contributed by atoms with Gasteiger partial charge in [0.2, 0.25) is 0 Å². The number of benzene rings is 2. The van der Waals surface area contributed by atoms with Crippen LogP contribution in [0.15, 0.2) is 42.5 Å². The van der Waals surface area contributed by atoms with E-state index in [9.17, 15) is 0 Å². The second kappa shape index (κ2) is 8.85. The zero-order chi connectivity index (χ0) is 18.5. The Bertz CT molecular complexity index is 732. The quantitative estimate of drug-likeness (QED) is 0.729. The van der Waals surface area contributed by atoms with E-state index in [-0.39, 0.29) is 0 Å². The minimum absolute atomic E-state index is 0.433. The molecule has 3 nitrogen and oxygen atoms in total. The Labute approximate surface area is 166 Å². The summed E-state index contributed by atoms with van der Waals surface area (Å²) < 4.78 is 0. The minimum Gasteiger partial charge on any atom is -0.360 e. The number of nitrogens with zero attached hydrogens (tertiary/aromatic N) is 1. The molecule has 0 unspecified atom stereocenters. The van der Waals surface area contributed by atoms with Crippen molar-refractivity contribution < 1.29 is 0 Å². The van der Waals surface area contributed by atoms with Gasteiger partial charge in [0.1, 0.15) is 0 Å². The van der Waals surface area contributed by atoms with Crippen molar-refractivity contribution in [1.82, 2.24) is 10.2 Å². The highest BCUT2D eigenvalue weighted by molar-refractivity contribution is 7.80. The predicted octanol–water partition coefficient (Wildman–Crippen LogP) is 4.91. The molecule has 1 fully saturated rings. The van der Waals surface area contributed by atoms with Gasteiger partial charge in [0.15, 0.2) is 5.11 Å². The van der Waals surface area contributed by atoms with Crippen LogP contribution in [-0.4, -0.2) is 29.1 Å². The second-order valence-corrected chi connectivity index (χ2v) is 8.00. The highest BCUT2D eigenvalue weighted by Crippen LogP contribution is 2.17. The molecule has 2 N–H and O–H groups in total. The number of piperidine rings is 1. The molecule has 1 heterocycles. The first-order valence-electron chi connectivity index (χ1n) is 9.10. The van der Waals surface area contributed by atoms with E-state index in [4.69, 9.17) is 23.8 Å². The molecule has 2 aromatic carbocycles. The smallest absolute Gasteiger partial charge is 0.170 e. The zero-order valence-electron chi connectivity index (χ0n) is 15.4. The van der Waals surface area contributed by atoms with E-state index < -0.39 is 0 Å². The summed E-state index contributed by atoms with van der Waals surface area (Å²) in [5, 5.41) is 8.30. The lowest BCUT2D eigenvalue weighted by Gasteiger charge is -2.33. The lowest BCUT2D eigenvalue weighted by molar-refractivity contribution is 0.199. The average molecular weight is 388 g/mol. The first-order valence-corrected chi connectivity index (χ1v) is 9.89. The summed E-state index contributed by atoms with van der Waals surface area (Å²) in [6, 6.07) is 15.0. The molecule has 1 saturated heterocycles. The summed E-state index contributed by atoms with van der Waals surface area (Å²) >= 11 is 11.5. The number of hydrogen-bond acceptors (Lipinski definition) is 2. The van der Waals surface area contributed by atoms with Gasteiger partial charge in [-0.25, -0.2) is 0 Å². The second-order valence-electron chi connectivity index (χ2n) is 7.15. The monoisotopic (exact) mass is 387 g/mol. The van der Waals surface area contributed by atoms with Gasteiger partial charge in [0, 0.05) is 36.4 Å². The Morgan fingerprint density at radius 3 is 2.31 bits per heavy atom. The third kappa shape index (κ3) is 5.70. The number of likely N-dealkylation sites (tertiary alicyclic amines) is 1. The van der Waals surface area contributed by atoms with E-state index in [1.165, 1.54) is 16.7 Å². The van der Waals surface area contributed by atoms with Crippen LogP contribution in [0.4, 0.5) is 5.69 Å². The van der Waals surface area contributed by atoms with Crippen molar-refractivity contribution in [3.63, 3.8) is 0 Å². The highest BCUT2D eigenvalue weighted by Gasteiger charge is 2.19. The maximum atomic E-state index is 5.96. The van der Waals surface area contributed by atoms with E-state index in [1.54, 1.807) is 0 Å². The Balaban J connectivity index is 1.44. The number of thiocarbonyl (C=S) groups is 1. The molecule has 0 radical (unpaired) electrons. The van der Waals surface area contributed by atoms with E-state index in [0.717, 1.165) is 43.2 Å². The largest absolute Gasteiger partial charge is 0.360 e. The van der Waals surface area contributed by atoms with Gasteiger partial charge in [0.25, 0.3) is 0 Å². The summed E-state index contributed by atoms with van der Waals surface area (Å²) in [7, 11) is 0. The Kier molecular flexibility index (Phi) is 6.52. The van der Waals surface area contributed by atoms with Gasteiger partial charge in [-0.1, -0.05) is 29.8 Å². The van der Waals surface area contributed by atoms with Crippen molar-refractivity contribution in [3.05, 3.63) is 64.2 Å². The number of halogens is 1. The van der Waals surface area contributed by atoms with Crippen LogP contribution in [0.1, 0.15) is 29.5 Å². The Hall–Kier alpha value is -1.62. The SMILES string of the molecule is Cc1cc(C)cc(NC(=S)NC2CCN(Cc3ccc(Cl)cc3)CC2)c1. The van der Waals surface area contributed by atoms with Crippen molar-refractivity contribution >= 4 is 34.6 Å². The van der Waals surface area contributed by atoms with Crippen LogP contribution in [0.3, 0.4) is 0 Å². The molecule has 0 bridgehead atoms. The van der Waals surface area contributed by atoms with Gasteiger partial charge < -0.3 is 10.6 Å². The predicted molar refractivity (Wildman–Crippen MR) is 115 cm³/mol. The summed E-state index contributed by atoms with van der Waals surface area (Å²) in [4.78, 5) is 2.49. The summed E-state index contributed by atoms with van der Waals surface area (Å²) in [6.45, 7) is 7.34. The first kappa shape index (κ1) is 19.2. The molecule has 2 aromatic rings. The molecule has 1 aliphatic rings. The highest BCUT2D eigenvalue weighted by atomic mass is 35.5. The van der Waals surface area contributed by atoms with Crippen molar-refractivity contribution in [3.8, 4) is 0 Å². The molecule has 0 spiro atoms. The van der Waals surface area contributed by atoms with Gasteiger partial charge >= 0.3 is 0 Å². The van der Waals surface area contributed by atoms with Gasteiger partial charge in [-0.15, -0.1) is 0 Å². The molecule has 1 aliphatic heterocycles. The number of anilines is 1. The molecule has 0 aliphatic carbocycles. The first-order chi connectivity index (χ1) is 12.5. The Morgan fingerprint density at radius 1 is 1.08 bits per heavy atom. The molecule has 3 rings (SSSR count). The number of rotatable bonds is 4. The lowest BCUT2D eigenvalue weighted by Crippen LogP contribution is -2.45. The minimum atomic E-state index is 0.433. The molecular weight excluding hydrogens is 362 g/mol. The van der Waals surface area contributed by atoms with Crippen LogP contribution in [0.25, 0.3) is 0 Å². The molecular formula is C21H26ClN3S. The third-order valence-corrected chi connectivity index (χ3v) is 5.19. The molecule has 26 heavy (non-hydrogen) atoms. The maximum Gasteiger partial charge on any atom is 0.170 e. The average Bonchev–Trinajstić information content (AvgIpc) is 2.57. The molecule has 0 atom stereocenters. The molecule has 138 valence electrons. The third-order valence-electron chi connectivity index (χ3n) is 4.72. The summed E-state index contributed by atoms with van der Waals surface area (Å²) in [6.07, 6.45) is 2.20. The van der Waals surface area contributed by atoms with E-state index >= 15 is 0 Å². The molecule has 0 amide bonds. The Morgan fingerprint density at radius 2 is 1.69 bits per heavy atom. The van der Waals surface area contributed by atoms with Crippen LogP contribution in [0, 0.1) is 13.8 Å². The van der Waals surface area contributed by atoms with Gasteiger partial charge in [-0.3, -0.25) is 4.90 Å². The number of nitrogens with one attached hydrogen (secondary N) is 2. The van der Waals surface area contributed by atoms with E-state index in [0.29, 0.717) is 11.2 Å². The van der Waals surface area contributed by atoms with Crippen molar-refractivity contribution in [2.75, 3.05) is 18.4 Å².